The largest absolute Gasteiger partial charge is 0.478 e. The van der Waals surface area contributed by atoms with Gasteiger partial charge in [-0.1, -0.05) is 68.0 Å². The Hall–Kier alpha value is -3.40. The molecule has 0 atom stereocenters. The Morgan fingerprint density at radius 1 is 1.06 bits per heavy atom. The van der Waals surface area contributed by atoms with Gasteiger partial charge in [0.2, 0.25) is 5.91 Å². The van der Waals surface area contributed by atoms with Crippen LogP contribution >= 0.6 is 0 Å². The monoisotopic (exact) mass is 431 g/mol. The molecule has 1 aliphatic carbocycles. The van der Waals surface area contributed by atoms with Gasteiger partial charge in [0.15, 0.2) is 0 Å². The molecule has 168 valence electrons. The third-order valence-electron chi connectivity index (χ3n) is 5.56. The summed E-state index contributed by atoms with van der Waals surface area (Å²) in [6.07, 6.45) is 14.5. The number of carbonyl (C=O) groups excluding carboxylic acids is 1. The van der Waals surface area contributed by atoms with Crippen molar-refractivity contribution in [1.29, 1.82) is 0 Å². The van der Waals surface area contributed by atoms with E-state index in [1.165, 1.54) is 11.6 Å². The minimum atomic E-state index is -0.899. The molecule has 2 N–H and O–H groups in total. The average Bonchev–Trinajstić information content (AvgIpc) is 2.70. The van der Waals surface area contributed by atoms with E-state index in [0.717, 1.165) is 40.8 Å². The van der Waals surface area contributed by atoms with Crippen molar-refractivity contribution in [2.24, 2.45) is 5.41 Å². The van der Waals surface area contributed by atoms with Crippen molar-refractivity contribution < 1.29 is 14.7 Å². The minimum absolute atomic E-state index is 0.00200. The molecule has 1 amide bonds. The number of hydrogen-bond donors (Lipinski definition) is 2. The van der Waals surface area contributed by atoms with Crippen LogP contribution in [0.25, 0.3) is 0 Å². The summed E-state index contributed by atoms with van der Waals surface area (Å²) in [4.78, 5) is 23.2. The van der Waals surface area contributed by atoms with Crippen LogP contribution in [0.1, 0.15) is 47.5 Å². The molecule has 4 nitrogen and oxygen atoms in total. The maximum Gasteiger partial charge on any atom is 0.328 e. The summed E-state index contributed by atoms with van der Waals surface area (Å²) >= 11 is 0. The maximum absolute atomic E-state index is 12.1. The molecule has 0 aliphatic heterocycles. The Labute approximate surface area is 191 Å². The van der Waals surface area contributed by atoms with Crippen molar-refractivity contribution in [1.82, 2.24) is 0 Å². The van der Waals surface area contributed by atoms with Crippen LogP contribution in [0.5, 0.6) is 0 Å². The highest BCUT2D eigenvalue weighted by molar-refractivity contribution is 5.99. The molecule has 0 bridgehead atoms. The molecule has 0 heterocycles. The number of anilines is 1. The number of nitrogens with one attached hydrogen (secondary N) is 1. The van der Waals surface area contributed by atoms with Crippen LogP contribution in [0.15, 0.2) is 101 Å². The van der Waals surface area contributed by atoms with E-state index in [4.69, 9.17) is 5.11 Å². The highest BCUT2D eigenvalue weighted by Gasteiger charge is 2.29. The molecule has 1 aliphatic rings. The number of amides is 1. The van der Waals surface area contributed by atoms with E-state index in [9.17, 15) is 9.59 Å². The summed E-state index contributed by atoms with van der Waals surface area (Å²) in [6, 6.07) is 9.35. The number of rotatable bonds is 7. The lowest BCUT2D eigenvalue weighted by atomic mass is 9.71. The Morgan fingerprint density at radius 2 is 1.75 bits per heavy atom. The molecule has 0 fully saturated rings. The van der Waals surface area contributed by atoms with Crippen molar-refractivity contribution in [2.45, 2.75) is 47.5 Å². The fourth-order valence-electron chi connectivity index (χ4n) is 3.71. The number of allylic oxidation sites excluding steroid dienone is 10. The van der Waals surface area contributed by atoms with Gasteiger partial charge >= 0.3 is 5.97 Å². The number of carboxylic acid groups (broad SMARTS) is 1. The summed E-state index contributed by atoms with van der Waals surface area (Å²) in [6.45, 7) is 10.3. The lowest BCUT2D eigenvalue weighted by Gasteiger charge is -2.34. The normalized spacial score (nSPS) is 18.6. The third kappa shape index (κ3) is 7.69. The zero-order valence-electron chi connectivity index (χ0n) is 19.6. The van der Waals surface area contributed by atoms with Gasteiger partial charge in [0.25, 0.3) is 0 Å². The Balaban J connectivity index is 2.07. The van der Waals surface area contributed by atoms with E-state index < -0.39 is 5.97 Å². The highest BCUT2D eigenvalue weighted by atomic mass is 16.4. The first-order chi connectivity index (χ1) is 15.1. The van der Waals surface area contributed by atoms with Crippen molar-refractivity contribution in [2.75, 3.05) is 5.32 Å². The van der Waals surface area contributed by atoms with Crippen molar-refractivity contribution in [3.05, 3.63) is 101 Å². The predicted octanol–water partition coefficient (Wildman–Crippen LogP) is 6.78. The van der Waals surface area contributed by atoms with Crippen molar-refractivity contribution in [3.8, 4) is 0 Å². The molecule has 1 aromatic rings. The minimum Gasteiger partial charge on any atom is -0.478 e. The molecule has 0 aromatic heterocycles. The van der Waals surface area contributed by atoms with Gasteiger partial charge in [0.1, 0.15) is 0 Å². The molecule has 0 spiro atoms. The molecule has 32 heavy (non-hydrogen) atoms. The zero-order valence-corrected chi connectivity index (χ0v) is 19.6. The van der Waals surface area contributed by atoms with Gasteiger partial charge in [0.05, 0.1) is 0 Å². The number of carbonyl (C=O) groups is 2. The fraction of sp³-hybridized carbons (Fsp3) is 0.286. The van der Waals surface area contributed by atoms with Crippen LogP contribution in [0.4, 0.5) is 5.69 Å². The summed E-state index contributed by atoms with van der Waals surface area (Å²) in [5.41, 5.74) is 5.79. The topological polar surface area (TPSA) is 66.4 Å². The van der Waals surface area contributed by atoms with Gasteiger partial charge in [-0.15, -0.1) is 0 Å². The number of benzene rings is 1. The Kier molecular flexibility index (Phi) is 8.77. The zero-order chi connectivity index (χ0) is 23.7. The predicted molar refractivity (Wildman–Crippen MR) is 132 cm³/mol. The molecule has 0 unspecified atom stereocenters. The molecule has 4 heteroatoms. The van der Waals surface area contributed by atoms with Crippen LogP contribution in [0.3, 0.4) is 0 Å². The lowest BCUT2D eigenvalue weighted by Crippen LogP contribution is -2.20. The van der Waals surface area contributed by atoms with Gasteiger partial charge < -0.3 is 10.4 Å². The second kappa shape index (κ2) is 11.3. The molecule has 0 saturated carbocycles. The maximum atomic E-state index is 12.1. The van der Waals surface area contributed by atoms with Gasteiger partial charge in [0, 0.05) is 17.8 Å². The van der Waals surface area contributed by atoms with Crippen LogP contribution < -0.4 is 5.32 Å². The van der Waals surface area contributed by atoms with Gasteiger partial charge in [-0.2, -0.15) is 0 Å². The van der Waals surface area contributed by atoms with E-state index in [1.807, 2.05) is 69.3 Å². The molecular formula is C28H33NO3. The first-order valence-corrected chi connectivity index (χ1v) is 10.8. The van der Waals surface area contributed by atoms with Crippen LogP contribution in [-0.2, 0) is 9.59 Å². The standard InChI is InChI=1S/C28H33NO3/c1-20(10-9-11-21(2)18-26(30)29-24-12-7-6-8-13-24)14-15-25-22(3)23(19-27(31)32)16-17-28(25,4)5/h6-15,18-19H,16-17H2,1-5H3,(H,29,30)(H,31,32)/b11-9+,15-14+,20-10+,21-18-,23-19+. The number of para-hydroxylation sites is 1. The van der Waals surface area contributed by atoms with Crippen LogP contribution in [0.2, 0.25) is 0 Å². The van der Waals surface area contributed by atoms with Crippen LogP contribution in [0, 0.1) is 5.41 Å². The Morgan fingerprint density at radius 3 is 2.41 bits per heavy atom. The summed E-state index contributed by atoms with van der Waals surface area (Å²) in [5, 5.41) is 12.0. The summed E-state index contributed by atoms with van der Waals surface area (Å²) in [5.74, 6) is -1.06. The molecular weight excluding hydrogens is 398 g/mol. The smallest absolute Gasteiger partial charge is 0.328 e. The summed E-state index contributed by atoms with van der Waals surface area (Å²) < 4.78 is 0. The SMILES string of the molecule is CC1=C(/C=C/C(C)=C/C=C/C(C)=C\C(=O)Nc2ccccc2)C(C)(C)CC/C1=C\C(=O)O. The van der Waals surface area contributed by atoms with E-state index in [-0.39, 0.29) is 11.3 Å². The number of aliphatic carboxylic acids is 1. The lowest BCUT2D eigenvalue weighted by molar-refractivity contribution is -0.131. The Bertz CT molecular complexity index is 1030. The summed E-state index contributed by atoms with van der Waals surface area (Å²) in [7, 11) is 0. The molecule has 0 saturated heterocycles. The fourth-order valence-corrected chi connectivity index (χ4v) is 3.71. The van der Waals surface area contributed by atoms with E-state index in [0.29, 0.717) is 0 Å². The second-order valence-electron chi connectivity index (χ2n) is 8.78. The second-order valence-corrected chi connectivity index (χ2v) is 8.78. The van der Waals surface area contributed by atoms with E-state index >= 15 is 0 Å². The van der Waals surface area contributed by atoms with Gasteiger partial charge in [-0.3, -0.25) is 4.79 Å². The van der Waals surface area contributed by atoms with Crippen molar-refractivity contribution in [3.63, 3.8) is 0 Å². The van der Waals surface area contributed by atoms with E-state index in [2.05, 4.69) is 31.3 Å². The van der Waals surface area contributed by atoms with Crippen LogP contribution in [-0.4, -0.2) is 17.0 Å². The highest BCUT2D eigenvalue weighted by Crippen LogP contribution is 2.43. The first kappa shape index (κ1) is 24.9. The first-order valence-electron chi connectivity index (χ1n) is 10.8. The van der Waals surface area contributed by atoms with Gasteiger partial charge in [-0.05, 0) is 73.5 Å². The molecule has 2 rings (SSSR count). The van der Waals surface area contributed by atoms with E-state index in [1.54, 1.807) is 6.08 Å². The third-order valence-corrected chi connectivity index (χ3v) is 5.56. The molecule has 0 radical (unpaired) electrons. The van der Waals surface area contributed by atoms with Gasteiger partial charge in [-0.25, -0.2) is 4.79 Å². The average molecular weight is 432 g/mol. The quantitative estimate of drug-likeness (QED) is 0.369. The molecule has 1 aromatic carbocycles. The number of carboxylic acids is 1. The number of hydrogen-bond acceptors (Lipinski definition) is 2. The van der Waals surface area contributed by atoms with Crippen molar-refractivity contribution >= 4 is 17.6 Å².